The number of rotatable bonds is 5. The second kappa shape index (κ2) is 6.30. The van der Waals surface area contributed by atoms with Crippen molar-refractivity contribution in [3.63, 3.8) is 0 Å². The van der Waals surface area contributed by atoms with Crippen molar-refractivity contribution < 1.29 is 9.53 Å². The monoisotopic (exact) mass is 383 g/mol. The first-order chi connectivity index (χ1) is 13.1. The van der Waals surface area contributed by atoms with Gasteiger partial charge in [-0.25, -0.2) is 4.98 Å². The molecule has 1 aliphatic heterocycles. The summed E-state index contributed by atoms with van der Waals surface area (Å²) in [6, 6.07) is 4.62. The number of ether oxygens (including phenoxy) is 1. The van der Waals surface area contributed by atoms with Gasteiger partial charge in [0.1, 0.15) is 27.4 Å². The maximum absolute atomic E-state index is 11.6. The molecule has 1 amide bonds. The van der Waals surface area contributed by atoms with E-state index in [4.69, 9.17) is 4.74 Å². The van der Waals surface area contributed by atoms with Gasteiger partial charge in [-0.05, 0) is 38.8 Å². The Hall–Kier alpha value is -2.48. The summed E-state index contributed by atoms with van der Waals surface area (Å²) in [6.07, 6.45) is 4.72. The SMILES string of the molecule is Cc1nnc(-c2cc(OC(C)C3CNC(=O)C3)c3c(c2)ncn3C2CC2)s1. The van der Waals surface area contributed by atoms with Crippen LogP contribution in [0.4, 0.5) is 0 Å². The molecule has 140 valence electrons. The van der Waals surface area contributed by atoms with Crippen molar-refractivity contribution in [2.75, 3.05) is 6.54 Å². The average Bonchev–Trinajstić information content (AvgIpc) is 3.04. The molecule has 2 aliphatic rings. The fraction of sp³-hybridized carbons (Fsp3) is 0.474. The Morgan fingerprint density at radius 1 is 1.33 bits per heavy atom. The Morgan fingerprint density at radius 3 is 2.85 bits per heavy atom. The number of fused-ring (bicyclic) bond motifs is 1. The van der Waals surface area contributed by atoms with Crippen molar-refractivity contribution in [1.29, 1.82) is 0 Å². The Labute approximate surface area is 160 Å². The number of nitrogens with one attached hydrogen (secondary N) is 1. The summed E-state index contributed by atoms with van der Waals surface area (Å²) >= 11 is 1.56. The molecule has 2 atom stereocenters. The van der Waals surface area contributed by atoms with E-state index in [9.17, 15) is 4.79 Å². The molecule has 0 bridgehead atoms. The van der Waals surface area contributed by atoms with E-state index in [1.165, 1.54) is 12.8 Å². The van der Waals surface area contributed by atoms with Gasteiger partial charge in [-0.1, -0.05) is 11.3 Å². The molecule has 8 heteroatoms. The van der Waals surface area contributed by atoms with Crippen LogP contribution in [0.2, 0.25) is 0 Å². The third-order valence-corrected chi connectivity index (χ3v) is 6.22. The van der Waals surface area contributed by atoms with E-state index in [0.717, 1.165) is 32.4 Å². The number of imidazole rings is 1. The summed E-state index contributed by atoms with van der Waals surface area (Å²) in [5.41, 5.74) is 2.92. The summed E-state index contributed by atoms with van der Waals surface area (Å²) in [4.78, 5) is 16.2. The van der Waals surface area contributed by atoms with Gasteiger partial charge in [0.05, 0.1) is 11.8 Å². The maximum Gasteiger partial charge on any atom is 0.220 e. The lowest BCUT2D eigenvalue weighted by molar-refractivity contribution is -0.119. The van der Waals surface area contributed by atoms with Crippen LogP contribution in [0.25, 0.3) is 21.6 Å². The molecule has 1 saturated heterocycles. The molecule has 1 N–H and O–H groups in total. The summed E-state index contributed by atoms with van der Waals surface area (Å²) < 4.78 is 8.64. The van der Waals surface area contributed by atoms with Crippen LogP contribution >= 0.6 is 11.3 Å². The Balaban J connectivity index is 1.56. The lowest BCUT2D eigenvalue weighted by Crippen LogP contribution is -2.25. The van der Waals surface area contributed by atoms with E-state index in [2.05, 4.69) is 31.1 Å². The number of nitrogens with zero attached hydrogens (tertiary/aromatic N) is 4. The molecule has 1 aliphatic carbocycles. The molecule has 0 spiro atoms. The number of carbonyl (C=O) groups excluding carboxylic acids is 1. The number of carbonyl (C=O) groups is 1. The minimum atomic E-state index is -0.0684. The van der Waals surface area contributed by atoms with Gasteiger partial charge < -0.3 is 14.6 Å². The van der Waals surface area contributed by atoms with Gasteiger partial charge in [-0.2, -0.15) is 0 Å². The van der Waals surface area contributed by atoms with Crippen LogP contribution in [-0.4, -0.2) is 38.3 Å². The van der Waals surface area contributed by atoms with Gasteiger partial charge in [-0.3, -0.25) is 4.79 Å². The summed E-state index contributed by atoms with van der Waals surface area (Å²) in [5, 5.41) is 13.1. The highest BCUT2D eigenvalue weighted by atomic mass is 32.1. The highest BCUT2D eigenvalue weighted by molar-refractivity contribution is 7.14. The minimum Gasteiger partial charge on any atom is -0.488 e. The van der Waals surface area contributed by atoms with Crippen molar-refractivity contribution in [3.05, 3.63) is 23.5 Å². The lowest BCUT2D eigenvalue weighted by atomic mass is 10.0. The summed E-state index contributed by atoms with van der Waals surface area (Å²) in [7, 11) is 0. The van der Waals surface area contributed by atoms with Crippen LogP contribution in [0.1, 0.15) is 37.2 Å². The number of hydrogen-bond donors (Lipinski definition) is 1. The Bertz CT molecular complexity index is 1020. The fourth-order valence-electron chi connectivity index (χ4n) is 3.65. The average molecular weight is 383 g/mol. The predicted octanol–water partition coefficient (Wildman–Crippen LogP) is 3.10. The number of benzene rings is 1. The fourth-order valence-corrected chi connectivity index (χ4v) is 4.32. The van der Waals surface area contributed by atoms with E-state index < -0.39 is 0 Å². The summed E-state index contributed by atoms with van der Waals surface area (Å²) in [5.74, 6) is 1.09. The van der Waals surface area contributed by atoms with Gasteiger partial charge in [0.15, 0.2) is 0 Å². The van der Waals surface area contributed by atoms with E-state index >= 15 is 0 Å². The van der Waals surface area contributed by atoms with E-state index in [-0.39, 0.29) is 17.9 Å². The number of aryl methyl sites for hydroxylation is 1. The molecule has 3 aromatic rings. The zero-order valence-electron chi connectivity index (χ0n) is 15.3. The molecule has 3 heterocycles. The molecule has 27 heavy (non-hydrogen) atoms. The van der Waals surface area contributed by atoms with Crippen LogP contribution in [-0.2, 0) is 4.79 Å². The molecule has 2 fully saturated rings. The van der Waals surface area contributed by atoms with Gasteiger partial charge >= 0.3 is 0 Å². The predicted molar refractivity (Wildman–Crippen MR) is 103 cm³/mol. The molecule has 0 radical (unpaired) electrons. The molecular formula is C19H21N5O2S. The molecule has 7 nitrogen and oxygen atoms in total. The Morgan fingerprint density at radius 2 is 2.19 bits per heavy atom. The second-order valence-electron chi connectivity index (χ2n) is 7.44. The Kier molecular flexibility index (Phi) is 3.89. The van der Waals surface area contributed by atoms with E-state index in [1.807, 2.05) is 26.2 Å². The van der Waals surface area contributed by atoms with Crippen LogP contribution in [0.3, 0.4) is 0 Å². The van der Waals surface area contributed by atoms with Crippen LogP contribution in [0.15, 0.2) is 18.5 Å². The summed E-state index contributed by atoms with van der Waals surface area (Å²) in [6.45, 7) is 4.65. The van der Waals surface area contributed by atoms with Crippen LogP contribution in [0, 0.1) is 12.8 Å². The topological polar surface area (TPSA) is 81.9 Å². The minimum absolute atomic E-state index is 0.0684. The van der Waals surface area contributed by atoms with Crippen molar-refractivity contribution in [2.24, 2.45) is 5.92 Å². The van der Waals surface area contributed by atoms with E-state index in [0.29, 0.717) is 19.0 Å². The first-order valence-corrected chi connectivity index (χ1v) is 10.1. The van der Waals surface area contributed by atoms with Gasteiger partial charge in [0.2, 0.25) is 5.91 Å². The van der Waals surface area contributed by atoms with Crippen LogP contribution in [0.5, 0.6) is 5.75 Å². The normalized spacial score (nSPS) is 20.8. The molecule has 5 rings (SSSR count). The molecule has 2 aromatic heterocycles. The molecule has 1 aromatic carbocycles. The van der Waals surface area contributed by atoms with Crippen molar-refractivity contribution in [2.45, 2.75) is 45.3 Å². The first-order valence-electron chi connectivity index (χ1n) is 9.33. The molecular weight excluding hydrogens is 362 g/mol. The highest BCUT2D eigenvalue weighted by Gasteiger charge is 2.30. The number of aromatic nitrogens is 4. The lowest BCUT2D eigenvalue weighted by Gasteiger charge is -2.21. The van der Waals surface area contributed by atoms with E-state index in [1.54, 1.807) is 11.3 Å². The zero-order valence-corrected chi connectivity index (χ0v) is 16.1. The third-order valence-electron chi connectivity index (χ3n) is 5.33. The van der Waals surface area contributed by atoms with Crippen LogP contribution < -0.4 is 10.1 Å². The van der Waals surface area contributed by atoms with Crippen molar-refractivity contribution >= 4 is 28.3 Å². The van der Waals surface area contributed by atoms with Crippen molar-refractivity contribution in [3.8, 4) is 16.3 Å². The van der Waals surface area contributed by atoms with Crippen molar-refractivity contribution in [1.82, 2.24) is 25.1 Å². The second-order valence-corrected chi connectivity index (χ2v) is 8.62. The number of hydrogen-bond acceptors (Lipinski definition) is 6. The highest BCUT2D eigenvalue weighted by Crippen LogP contribution is 2.41. The van der Waals surface area contributed by atoms with Gasteiger partial charge in [0, 0.05) is 30.5 Å². The van der Waals surface area contributed by atoms with Gasteiger partial charge in [-0.15, -0.1) is 10.2 Å². The maximum atomic E-state index is 11.6. The standard InChI is InChI=1S/C19H21N5O2S/c1-10(13-7-17(25)20-8-13)26-16-6-12(19-23-22-11(2)27-19)5-15-18(16)24(9-21-15)14-3-4-14/h5-6,9-10,13-14H,3-4,7-8H2,1-2H3,(H,20,25). The smallest absolute Gasteiger partial charge is 0.220 e. The molecule has 2 unspecified atom stereocenters. The quantitative estimate of drug-likeness (QED) is 0.732. The third kappa shape index (κ3) is 3.07. The zero-order chi connectivity index (χ0) is 18.5. The first kappa shape index (κ1) is 16.7. The largest absolute Gasteiger partial charge is 0.488 e. The molecule has 1 saturated carbocycles. The van der Waals surface area contributed by atoms with Gasteiger partial charge in [0.25, 0.3) is 0 Å². The number of amides is 1.